The van der Waals surface area contributed by atoms with E-state index in [0.29, 0.717) is 12.2 Å². The van der Waals surface area contributed by atoms with E-state index >= 15 is 0 Å². The second kappa shape index (κ2) is 5.79. The third-order valence-electron chi connectivity index (χ3n) is 3.34. The number of fused-ring (bicyclic) bond motifs is 1. The highest BCUT2D eigenvalue weighted by Crippen LogP contribution is 2.26. The number of benzene rings is 1. The summed E-state index contributed by atoms with van der Waals surface area (Å²) in [5, 5.41) is 4.10. The van der Waals surface area contributed by atoms with Crippen LogP contribution in [0.2, 0.25) is 0 Å². The Bertz CT molecular complexity index is 726. The van der Waals surface area contributed by atoms with Gasteiger partial charge in [-0.05, 0) is 30.7 Å². The Morgan fingerprint density at radius 3 is 3.10 bits per heavy atom. The molecule has 0 N–H and O–H groups in total. The van der Waals surface area contributed by atoms with Gasteiger partial charge < -0.3 is 4.74 Å². The van der Waals surface area contributed by atoms with Crippen molar-refractivity contribution in [3.05, 3.63) is 65.5 Å². The summed E-state index contributed by atoms with van der Waals surface area (Å²) >= 11 is 0. The van der Waals surface area contributed by atoms with E-state index < -0.39 is 0 Å². The molecule has 0 bridgehead atoms. The van der Waals surface area contributed by atoms with E-state index in [1.54, 1.807) is 23.2 Å². The van der Waals surface area contributed by atoms with Crippen LogP contribution in [0.1, 0.15) is 22.8 Å². The number of carbonyl (C=O) groups excluding carboxylic acids is 1. The summed E-state index contributed by atoms with van der Waals surface area (Å²) < 4.78 is 7.38. The maximum atomic E-state index is 12.1. The zero-order chi connectivity index (χ0) is 14.7. The molecule has 0 fully saturated rings. The number of carbonyl (C=O) groups is 1. The Kier molecular flexibility index (Phi) is 3.69. The minimum absolute atomic E-state index is 0.0468. The van der Waals surface area contributed by atoms with E-state index in [-0.39, 0.29) is 5.78 Å². The molecular weight excluding hydrogens is 264 g/mol. The highest BCUT2D eigenvalue weighted by Gasteiger charge is 2.09. The number of rotatable bonds is 4. The number of hydrogen-bond donors (Lipinski definition) is 0. The van der Waals surface area contributed by atoms with Crippen LogP contribution in [0.5, 0.6) is 5.75 Å². The van der Waals surface area contributed by atoms with Gasteiger partial charge in [-0.15, -0.1) is 0 Å². The molecule has 2 heterocycles. The third kappa shape index (κ3) is 2.94. The van der Waals surface area contributed by atoms with Gasteiger partial charge in [-0.25, -0.2) is 0 Å². The molecule has 1 aromatic carbocycles. The van der Waals surface area contributed by atoms with Crippen LogP contribution in [-0.4, -0.2) is 22.2 Å². The zero-order valence-corrected chi connectivity index (χ0v) is 11.8. The molecule has 0 saturated heterocycles. The Morgan fingerprint density at radius 2 is 2.29 bits per heavy atom. The average molecular weight is 280 g/mol. The van der Waals surface area contributed by atoms with Crippen molar-refractivity contribution < 1.29 is 9.53 Å². The quantitative estimate of drug-likeness (QED) is 0.638. The summed E-state index contributed by atoms with van der Waals surface area (Å²) in [7, 11) is 0. The molecule has 0 aliphatic carbocycles. The number of aromatic nitrogens is 2. The molecule has 1 aliphatic rings. The number of nitrogens with zero attached hydrogens (tertiary/aromatic N) is 2. The standard InChI is InChI=1S/C17H16N2O2/c1-2-19-11-15(10-18-19)16(20)8-7-13-9-14-5-3-4-6-17(14)21-12-13/h3-11H,2,12H2,1H3. The van der Waals surface area contributed by atoms with Gasteiger partial charge in [0.2, 0.25) is 0 Å². The lowest BCUT2D eigenvalue weighted by Gasteiger charge is -2.15. The van der Waals surface area contributed by atoms with Gasteiger partial charge in [0, 0.05) is 18.3 Å². The molecule has 0 radical (unpaired) electrons. The van der Waals surface area contributed by atoms with E-state index in [1.807, 2.05) is 43.3 Å². The van der Waals surface area contributed by atoms with Crippen LogP contribution in [0.3, 0.4) is 0 Å². The first-order valence-electron chi connectivity index (χ1n) is 6.93. The number of hydrogen-bond acceptors (Lipinski definition) is 3. The molecule has 1 aromatic heterocycles. The lowest BCUT2D eigenvalue weighted by molar-refractivity contribution is 0.104. The maximum Gasteiger partial charge on any atom is 0.189 e. The van der Waals surface area contributed by atoms with Gasteiger partial charge in [-0.3, -0.25) is 9.48 Å². The average Bonchev–Trinajstić information content (AvgIpc) is 3.01. The van der Waals surface area contributed by atoms with E-state index in [2.05, 4.69) is 5.10 Å². The number of ketones is 1. The molecule has 0 spiro atoms. The molecule has 4 heteroatoms. The molecule has 106 valence electrons. The Hall–Kier alpha value is -2.62. The van der Waals surface area contributed by atoms with Crippen LogP contribution in [0, 0.1) is 0 Å². The van der Waals surface area contributed by atoms with Crippen LogP contribution < -0.4 is 4.74 Å². The van der Waals surface area contributed by atoms with Crippen LogP contribution >= 0.6 is 0 Å². The SMILES string of the molecule is CCn1cc(C(=O)C=CC2=Cc3ccccc3OC2)cn1. The van der Waals surface area contributed by atoms with E-state index in [9.17, 15) is 4.79 Å². The first-order chi connectivity index (χ1) is 10.3. The number of ether oxygens (including phenoxy) is 1. The second-order valence-electron chi connectivity index (χ2n) is 4.83. The predicted molar refractivity (Wildman–Crippen MR) is 81.3 cm³/mol. The van der Waals surface area contributed by atoms with Gasteiger partial charge in [0.05, 0.1) is 11.8 Å². The first kappa shape index (κ1) is 13.4. The molecule has 3 rings (SSSR count). The molecule has 21 heavy (non-hydrogen) atoms. The normalized spacial score (nSPS) is 13.7. The van der Waals surface area contributed by atoms with Crippen molar-refractivity contribution in [3.8, 4) is 5.75 Å². The third-order valence-corrected chi connectivity index (χ3v) is 3.34. The molecule has 0 amide bonds. The van der Waals surface area contributed by atoms with Gasteiger partial charge in [0.25, 0.3) is 0 Å². The van der Waals surface area contributed by atoms with E-state index in [1.165, 1.54) is 0 Å². The Labute approximate surface area is 123 Å². The second-order valence-corrected chi connectivity index (χ2v) is 4.83. The molecule has 0 atom stereocenters. The number of aryl methyl sites for hydroxylation is 1. The van der Waals surface area contributed by atoms with Crippen molar-refractivity contribution in [1.29, 1.82) is 0 Å². The highest BCUT2D eigenvalue weighted by molar-refractivity contribution is 6.04. The Morgan fingerprint density at radius 1 is 1.43 bits per heavy atom. The summed E-state index contributed by atoms with van der Waals surface area (Å²) in [5.74, 6) is 0.833. The molecule has 0 unspecified atom stereocenters. The lowest BCUT2D eigenvalue weighted by atomic mass is 10.1. The summed E-state index contributed by atoms with van der Waals surface area (Å²) in [6.45, 7) is 3.22. The van der Waals surface area contributed by atoms with Gasteiger partial charge >= 0.3 is 0 Å². The van der Waals surface area contributed by atoms with Crippen molar-refractivity contribution in [3.63, 3.8) is 0 Å². The maximum absolute atomic E-state index is 12.1. The van der Waals surface area contributed by atoms with Crippen molar-refractivity contribution in [2.75, 3.05) is 6.61 Å². The summed E-state index contributed by atoms with van der Waals surface area (Å²) in [5.41, 5.74) is 2.62. The fourth-order valence-corrected chi connectivity index (χ4v) is 2.17. The predicted octanol–water partition coefficient (Wildman–Crippen LogP) is 3.12. The molecule has 2 aromatic rings. The fraction of sp³-hybridized carbons (Fsp3) is 0.176. The van der Waals surface area contributed by atoms with E-state index in [4.69, 9.17) is 4.74 Å². The molecular formula is C17H16N2O2. The van der Waals surface area contributed by atoms with Gasteiger partial charge in [0.15, 0.2) is 5.78 Å². The van der Waals surface area contributed by atoms with Crippen LogP contribution in [0.15, 0.2) is 54.4 Å². The summed E-state index contributed by atoms with van der Waals surface area (Å²) in [4.78, 5) is 12.1. The Balaban J connectivity index is 1.75. The monoisotopic (exact) mass is 280 g/mol. The van der Waals surface area contributed by atoms with E-state index in [0.717, 1.165) is 23.4 Å². The highest BCUT2D eigenvalue weighted by atomic mass is 16.5. The summed E-state index contributed by atoms with van der Waals surface area (Å²) in [6.07, 6.45) is 8.77. The molecule has 4 nitrogen and oxygen atoms in total. The van der Waals surface area contributed by atoms with Gasteiger partial charge in [-0.1, -0.05) is 24.3 Å². The largest absolute Gasteiger partial charge is 0.488 e. The molecule has 0 saturated carbocycles. The number of para-hydroxylation sites is 1. The number of allylic oxidation sites excluding steroid dienone is 1. The van der Waals surface area contributed by atoms with Crippen LogP contribution in [0.25, 0.3) is 6.08 Å². The molecule has 1 aliphatic heterocycles. The zero-order valence-electron chi connectivity index (χ0n) is 11.8. The summed E-state index contributed by atoms with van der Waals surface area (Å²) in [6, 6.07) is 7.85. The van der Waals surface area contributed by atoms with Crippen molar-refractivity contribution in [2.24, 2.45) is 0 Å². The topological polar surface area (TPSA) is 44.1 Å². The van der Waals surface area contributed by atoms with Crippen molar-refractivity contribution in [2.45, 2.75) is 13.5 Å². The van der Waals surface area contributed by atoms with Crippen LogP contribution in [-0.2, 0) is 6.54 Å². The first-order valence-corrected chi connectivity index (χ1v) is 6.93. The lowest BCUT2D eigenvalue weighted by Crippen LogP contribution is -2.06. The fourth-order valence-electron chi connectivity index (χ4n) is 2.17. The minimum Gasteiger partial charge on any atom is -0.488 e. The van der Waals surface area contributed by atoms with Gasteiger partial charge in [-0.2, -0.15) is 5.10 Å². The van der Waals surface area contributed by atoms with Gasteiger partial charge in [0.1, 0.15) is 12.4 Å². The van der Waals surface area contributed by atoms with Crippen LogP contribution in [0.4, 0.5) is 0 Å². The smallest absolute Gasteiger partial charge is 0.189 e. The van der Waals surface area contributed by atoms with Crippen molar-refractivity contribution in [1.82, 2.24) is 9.78 Å². The minimum atomic E-state index is -0.0468. The van der Waals surface area contributed by atoms with Crippen molar-refractivity contribution >= 4 is 11.9 Å².